The van der Waals surface area contributed by atoms with Crippen molar-refractivity contribution >= 4 is 5.97 Å². The van der Waals surface area contributed by atoms with E-state index in [1.165, 1.54) is 50.9 Å². The van der Waals surface area contributed by atoms with Crippen LogP contribution in [0, 0.1) is 42.3 Å². The van der Waals surface area contributed by atoms with Crippen LogP contribution in [0.3, 0.4) is 0 Å². The van der Waals surface area contributed by atoms with Crippen LogP contribution in [0.2, 0.25) is 0 Å². The maximum atomic E-state index is 14.7. The summed E-state index contributed by atoms with van der Waals surface area (Å²) < 4.78 is 20.2. The highest BCUT2D eigenvalue weighted by Crippen LogP contribution is 2.44. The molecule has 0 atom stereocenters. The third-order valence-electron chi connectivity index (χ3n) is 8.57. The molecular formula is C28H39FO2. The quantitative estimate of drug-likeness (QED) is 0.272. The zero-order chi connectivity index (χ0) is 21.8. The predicted molar refractivity (Wildman–Crippen MR) is 123 cm³/mol. The molecule has 3 saturated carbocycles. The van der Waals surface area contributed by atoms with Crippen LogP contribution in [0.25, 0.3) is 0 Å². The van der Waals surface area contributed by atoms with Gasteiger partial charge in [0.2, 0.25) is 0 Å². The van der Waals surface area contributed by atoms with E-state index in [0.29, 0.717) is 5.92 Å². The summed E-state index contributed by atoms with van der Waals surface area (Å²) >= 11 is 0. The first kappa shape index (κ1) is 22.7. The Morgan fingerprint density at radius 1 is 1.00 bits per heavy atom. The Bertz CT molecular complexity index is 721. The summed E-state index contributed by atoms with van der Waals surface area (Å²) in [7, 11) is 0. The van der Waals surface area contributed by atoms with Crippen molar-refractivity contribution in [2.45, 2.75) is 96.3 Å². The van der Waals surface area contributed by atoms with Crippen LogP contribution in [-0.4, -0.2) is 5.97 Å². The number of ether oxygens (including phenoxy) is 1. The van der Waals surface area contributed by atoms with Gasteiger partial charge in [-0.05, 0) is 92.7 Å². The first-order chi connectivity index (χ1) is 15.0. The maximum absolute atomic E-state index is 14.7. The zero-order valence-corrected chi connectivity index (χ0v) is 19.2. The molecule has 3 fully saturated rings. The standard InChI is InChI=1S/C28H39FO2/c1-3-20-6-10-21(11-7-20)22-12-14-23(15-13-22)25-16-17-27(26(29)18-25)31-28(30)24-8-4-19(2)5-9-24/h16-18,20-24H,2-15H2,1H3. The summed E-state index contributed by atoms with van der Waals surface area (Å²) in [4.78, 5) is 12.4. The molecule has 0 aliphatic heterocycles. The van der Waals surface area contributed by atoms with Gasteiger partial charge in [0.05, 0.1) is 18.8 Å². The second kappa shape index (κ2) is 10.4. The summed E-state index contributed by atoms with van der Waals surface area (Å²) in [6, 6.07) is 5.26. The van der Waals surface area contributed by atoms with E-state index in [1.807, 2.05) is 6.07 Å². The number of hydrogen-bond acceptors (Lipinski definition) is 2. The highest BCUT2D eigenvalue weighted by Gasteiger charge is 2.32. The average molecular weight is 427 g/mol. The van der Waals surface area contributed by atoms with Gasteiger partial charge in [-0.3, -0.25) is 4.79 Å². The molecule has 0 aromatic heterocycles. The summed E-state index contributed by atoms with van der Waals surface area (Å²) in [5, 5.41) is 0. The molecule has 3 heteroatoms. The van der Waals surface area contributed by atoms with Gasteiger partial charge in [0.25, 0.3) is 0 Å². The number of esters is 1. The molecule has 3 aliphatic rings. The van der Waals surface area contributed by atoms with Crippen molar-refractivity contribution < 1.29 is 13.9 Å². The molecule has 4 rings (SSSR count). The molecule has 1 aromatic carbocycles. The van der Waals surface area contributed by atoms with E-state index in [9.17, 15) is 9.18 Å². The van der Waals surface area contributed by atoms with Gasteiger partial charge in [0, 0.05) is 0 Å². The van der Waals surface area contributed by atoms with Crippen molar-refractivity contribution in [1.29, 1.82) is 0 Å². The van der Waals surface area contributed by atoms with E-state index in [1.54, 1.807) is 12.1 Å². The Balaban J connectivity index is 1.28. The normalized spacial score (nSPS) is 30.2. The Morgan fingerprint density at radius 3 is 2.19 bits per heavy atom. The summed E-state index contributed by atoms with van der Waals surface area (Å²) in [6.45, 7) is 6.31. The number of hydrogen-bond donors (Lipinski definition) is 0. The van der Waals surface area contributed by atoms with Crippen LogP contribution < -0.4 is 4.74 Å². The van der Waals surface area contributed by atoms with Crippen molar-refractivity contribution in [2.75, 3.05) is 0 Å². The molecule has 31 heavy (non-hydrogen) atoms. The van der Waals surface area contributed by atoms with Crippen molar-refractivity contribution in [3.8, 4) is 5.75 Å². The highest BCUT2D eigenvalue weighted by atomic mass is 19.1. The molecule has 0 bridgehead atoms. The lowest BCUT2D eigenvalue weighted by molar-refractivity contribution is -0.140. The molecule has 170 valence electrons. The van der Waals surface area contributed by atoms with E-state index in [4.69, 9.17) is 4.74 Å². The number of carbonyl (C=O) groups excluding carboxylic acids is 1. The molecular weight excluding hydrogens is 387 g/mol. The lowest BCUT2D eigenvalue weighted by Gasteiger charge is -2.38. The monoisotopic (exact) mass is 426 g/mol. The molecule has 0 spiro atoms. The largest absolute Gasteiger partial charge is 0.423 e. The molecule has 0 saturated heterocycles. The summed E-state index contributed by atoms with van der Waals surface area (Å²) in [5.74, 6) is 3.63. The fourth-order valence-electron chi connectivity index (χ4n) is 6.30. The Hall–Kier alpha value is -1.51. The number of carbonyl (C=O) groups is 1. The van der Waals surface area contributed by atoms with E-state index < -0.39 is 5.82 Å². The molecule has 1 aromatic rings. The number of halogens is 1. The van der Waals surface area contributed by atoms with Gasteiger partial charge in [-0.1, -0.05) is 38.2 Å². The fourth-order valence-corrected chi connectivity index (χ4v) is 6.30. The third kappa shape index (κ3) is 5.65. The zero-order valence-electron chi connectivity index (χ0n) is 19.2. The van der Waals surface area contributed by atoms with Gasteiger partial charge in [-0.2, -0.15) is 0 Å². The van der Waals surface area contributed by atoms with Crippen molar-refractivity contribution in [1.82, 2.24) is 0 Å². The predicted octanol–water partition coefficient (Wildman–Crippen LogP) is 7.82. The molecule has 0 heterocycles. The summed E-state index contributed by atoms with van der Waals surface area (Å²) in [5.41, 5.74) is 1.07. The average Bonchev–Trinajstić information content (AvgIpc) is 2.81. The highest BCUT2D eigenvalue weighted by molar-refractivity contribution is 5.75. The minimum Gasteiger partial charge on any atom is -0.423 e. The van der Waals surface area contributed by atoms with Gasteiger partial charge in [-0.15, -0.1) is 6.92 Å². The lowest BCUT2D eigenvalue weighted by atomic mass is 9.68. The topological polar surface area (TPSA) is 26.3 Å². The number of benzene rings is 1. The second-order valence-electron chi connectivity index (χ2n) is 10.4. The van der Waals surface area contributed by atoms with Crippen LogP contribution in [0.1, 0.15) is 102 Å². The van der Waals surface area contributed by atoms with Gasteiger partial charge in [-0.25, -0.2) is 4.39 Å². The third-order valence-corrected chi connectivity index (χ3v) is 8.57. The summed E-state index contributed by atoms with van der Waals surface area (Å²) in [6.07, 6.45) is 15.1. The van der Waals surface area contributed by atoms with Crippen molar-refractivity contribution in [3.05, 3.63) is 42.4 Å². The van der Waals surface area contributed by atoms with Gasteiger partial charge in [0.1, 0.15) is 0 Å². The van der Waals surface area contributed by atoms with E-state index >= 15 is 0 Å². The Morgan fingerprint density at radius 2 is 1.61 bits per heavy atom. The van der Waals surface area contributed by atoms with Crippen LogP contribution in [0.4, 0.5) is 4.39 Å². The van der Waals surface area contributed by atoms with Crippen LogP contribution >= 0.6 is 0 Å². The van der Waals surface area contributed by atoms with E-state index in [2.05, 4.69) is 13.8 Å². The smallest absolute Gasteiger partial charge is 0.314 e. The lowest BCUT2D eigenvalue weighted by Crippen LogP contribution is -2.25. The molecule has 0 unspecified atom stereocenters. The number of rotatable bonds is 5. The molecule has 0 N–H and O–H groups in total. The van der Waals surface area contributed by atoms with Crippen LogP contribution in [0.15, 0.2) is 18.2 Å². The van der Waals surface area contributed by atoms with Crippen LogP contribution in [-0.2, 0) is 4.79 Å². The van der Waals surface area contributed by atoms with Crippen LogP contribution in [0.5, 0.6) is 5.75 Å². The van der Waals surface area contributed by atoms with Crippen molar-refractivity contribution in [2.24, 2.45) is 23.7 Å². The first-order valence-electron chi connectivity index (χ1n) is 12.7. The van der Waals surface area contributed by atoms with Gasteiger partial charge in [0.15, 0.2) is 11.6 Å². The molecule has 3 aliphatic carbocycles. The van der Waals surface area contributed by atoms with E-state index in [-0.39, 0.29) is 17.6 Å². The molecule has 0 amide bonds. The minimum absolute atomic E-state index is 0.0829. The molecule has 0 radical (unpaired) electrons. The second-order valence-corrected chi connectivity index (χ2v) is 10.4. The molecule has 2 nitrogen and oxygen atoms in total. The van der Waals surface area contributed by atoms with E-state index in [0.717, 1.165) is 61.8 Å². The first-order valence-corrected chi connectivity index (χ1v) is 12.7. The Labute approximate surface area is 188 Å². The van der Waals surface area contributed by atoms with Gasteiger partial charge < -0.3 is 4.74 Å². The Kier molecular flexibility index (Phi) is 7.61. The maximum Gasteiger partial charge on any atom is 0.314 e. The fraction of sp³-hybridized carbons (Fsp3) is 0.679. The van der Waals surface area contributed by atoms with Crippen molar-refractivity contribution in [3.63, 3.8) is 0 Å². The minimum atomic E-state index is -0.397. The van der Waals surface area contributed by atoms with Gasteiger partial charge >= 0.3 is 5.97 Å². The SMILES string of the molecule is [CH2-][C+]1CCC(C(=O)Oc2ccc(C3CCC(C4CCC(CC)CC4)CC3)cc2F)CC1.